The zero-order chi connectivity index (χ0) is 20.3. The summed E-state index contributed by atoms with van der Waals surface area (Å²) in [5.41, 5.74) is 1.16. The van der Waals surface area contributed by atoms with E-state index in [0.717, 1.165) is 37.9 Å². The van der Waals surface area contributed by atoms with Crippen molar-refractivity contribution >= 4 is 27.5 Å². The average Bonchev–Trinajstić information content (AvgIpc) is 2.68. The van der Waals surface area contributed by atoms with Crippen molar-refractivity contribution in [3.05, 3.63) is 47.7 Å². The summed E-state index contributed by atoms with van der Waals surface area (Å²) in [7, 11) is -3.82. The van der Waals surface area contributed by atoms with Crippen LogP contribution in [0, 0.1) is 5.92 Å². The average molecular weight is 404 g/mol. The third kappa shape index (κ3) is 4.44. The Balaban J connectivity index is 1.86. The third-order valence-corrected chi connectivity index (χ3v) is 6.47. The van der Waals surface area contributed by atoms with E-state index in [2.05, 4.69) is 16.6 Å². The van der Waals surface area contributed by atoms with Crippen LogP contribution in [0.15, 0.2) is 41.4 Å². The van der Waals surface area contributed by atoms with Crippen LogP contribution in [0.5, 0.6) is 0 Å². The first-order valence-corrected chi connectivity index (χ1v) is 10.9. The maximum Gasteiger partial charge on any atom is 0.339 e. The number of rotatable bonds is 6. The summed E-state index contributed by atoms with van der Waals surface area (Å²) in [6.45, 7) is 5.64. The summed E-state index contributed by atoms with van der Waals surface area (Å²) in [4.78, 5) is 18.1. The summed E-state index contributed by atoms with van der Waals surface area (Å²) in [6.07, 6.45) is 4.14. The molecule has 2 heterocycles. The lowest BCUT2D eigenvalue weighted by atomic mass is 9.99. The van der Waals surface area contributed by atoms with Crippen molar-refractivity contribution in [1.82, 2.24) is 4.98 Å². The van der Waals surface area contributed by atoms with Crippen LogP contribution >= 0.6 is 0 Å². The van der Waals surface area contributed by atoms with Crippen LogP contribution in [0.4, 0.5) is 11.5 Å². The summed E-state index contributed by atoms with van der Waals surface area (Å²) in [5.74, 6) is -0.140. The van der Waals surface area contributed by atoms with Crippen molar-refractivity contribution in [2.45, 2.75) is 38.0 Å². The molecular formula is C20H25N3O4S. The quantitative estimate of drug-likeness (QED) is 0.767. The van der Waals surface area contributed by atoms with Gasteiger partial charge in [-0.15, -0.1) is 0 Å². The molecule has 1 aliphatic rings. The Morgan fingerprint density at radius 3 is 2.46 bits per heavy atom. The van der Waals surface area contributed by atoms with Crippen molar-refractivity contribution in [1.29, 1.82) is 0 Å². The van der Waals surface area contributed by atoms with Crippen LogP contribution in [0.2, 0.25) is 0 Å². The van der Waals surface area contributed by atoms with Crippen LogP contribution in [0.1, 0.15) is 42.6 Å². The molecule has 28 heavy (non-hydrogen) atoms. The summed E-state index contributed by atoms with van der Waals surface area (Å²) >= 11 is 0. The lowest BCUT2D eigenvalue weighted by Gasteiger charge is -2.32. The van der Waals surface area contributed by atoms with Gasteiger partial charge < -0.3 is 10.0 Å². The normalized spacial score (nSPS) is 15.4. The van der Waals surface area contributed by atoms with Gasteiger partial charge in [0.1, 0.15) is 11.4 Å². The minimum absolute atomic E-state index is 0.00363. The van der Waals surface area contributed by atoms with Crippen molar-refractivity contribution in [3.63, 3.8) is 0 Å². The Kier molecular flexibility index (Phi) is 5.88. The van der Waals surface area contributed by atoms with Crippen LogP contribution < -0.4 is 9.62 Å². The number of aromatic nitrogens is 1. The third-order valence-electron chi connectivity index (χ3n) is 5.07. The molecule has 1 aromatic carbocycles. The molecule has 0 atom stereocenters. The number of nitrogens with one attached hydrogen (secondary N) is 1. The van der Waals surface area contributed by atoms with E-state index in [1.165, 1.54) is 24.4 Å². The Morgan fingerprint density at radius 2 is 1.89 bits per heavy atom. The monoisotopic (exact) mass is 403 g/mol. The first-order chi connectivity index (χ1) is 13.3. The fourth-order valence-corrected chi connectivity index (χ4v) is 4.30. The molecule has 0 aliphatic carbocycles. The molecule has 2 aromatic rings. The molecule has 150 valence electrons. The number of aromatic carboxylic acids is 1. The van der Waals surface area contributed by atoms with Gasteiger partial charge in [0.15, 0.2) is 0 Å². The number of hydrogen-bond acceptors (Lipinski definition) is 5. The molecule has 8 heteroatoms. The Labute approximate surface area is 165 Å². The molecule has 2 N–H and O–H groups in total. The highest BCUT2D eigenvalue weighted by molar-refractivity contribution is 7.92. The van der Waals surface area contributed by atoms with E-state index in [9.17, 15) is 18.3 Å². The number of carbonyl (C=O) groups is 1. The van der Waals surface area contributed by atoms with Crippen LogP contribution in [0.3, 0.4) is 0 Å². The minimum Gasteiger partial charge on any atom is -0.478 e. The number of carboxylic acids is 1. The van der Waals surface area contributed by atoms with Gasteiger partial charge in [0.05, 0.1) is 16.8 Å². The Hall–Kier alpha value is -2.61. The van der Waals surface area contributed by atoms with E-state index in [4.69, 9.17) is 0 Å². The summed E-state index contributed by atoms with van der Waals surface area (Å²) in [6, 6.07) is 7.93. The predicted molar refractivity (Wildman–Crippen MR) is 108 cm³/mol. The standard InChI is InChI=1S/C20H25N3O4S/c1-3-15-4-6-17(7-5-15)28(26,27)22-16-12-18(20(24)25)19(21-13-16)23-10-8-14(2)9-11-23/h4-7,12-14,22H,3,8-11H2,1-2H3,(H,24,25). The Morgan fingerprint density at radius 1 is 1.25 bits per heavy atom. The molecule has 3 rings (SSSR count). The lowest BCUT2D eigenvalue weighted by molar-refractivity contribution is 0.0697. The largest absolute Gasteiger partial charge is 0.478 e. The number of pyridine rings is 1. The smallest absolute Gasteiger partial charge is 0.339 e. The molecule has 0 amide bonds. The van der Waals surface area contributed by atoms with Gasteiger partial charge in [0.2, 0.25) is 0 Å². The summed E-state index contributed by atoms with van der Waals surface area (Å²) < 4.78 is 27.6. The van der Waals surface area contributed by atoms with Crippen molar-refractivity contribution < 1.29 is 18.3 Å². The highest BCUT2D eigenvalue weighted by Crippen LogP contribution is 2.27. The second-order valence-corrected chi connectivity index (χ2v) is 8.86. The first-order valence-electron chi connectivity index (χ1n) is 9.40. The maximum absolute atomic E-state index is 12.6. The number of anilines is 2. The van der Waals surface area contributed by atoms with Gasteiger partial charge in [0.25, 0.3) is 10.0 Å². The number of carboxylic acid groups (broad SMARTS) is 1. The summed E-state index contributed by atoms with van der Waals surface area (Å²) in [5, 5.41) is 9.60. The van der Waals surface area contributed by atoms with Gasteiger partial charge in [-0.2, -0.15) is 0 Å². The lowest BCUT2D eigenvalue weighted by Crippen LogP contribution is -2.34. The molecule has 0 spiro atoms. The molecule has 0 radical (unpaired) electrons. The number of nitrogens with zero attached hydrogens (tertiary/aromatic N) is 2. The molecule has 1 fully saturated rings. The van der Waals surface area contributed by atoms with Gasteiger partial charge in [-0.25, -0.2) is 18.2 Å². The topological polar surface area (TPSA) is 99.6 Å². The maximum atomic E-state index is 12.6. The molecule has 7 nitrogen and oxygen atoms in total. The second-order valence-electron chi connectivity index (χ2n) is 7.17. The van der Waals surface area contributed by atoms with E-state index in [1.807, 2.05) is 11.8 Å². The van der Waals surface area contributed by atoms with Gasteiger partial charge >= 0.3 is 5.97 Å². The number of aryl methyl sites for hydroxylation is 1. The molecule has 1 saturated heterocycles. The molecule has 1 aliphatic heterocycles. The number of sulfonamides is 1. The van der Waals surface area contributed by atoms with Crippen molar-refractivity contribution in [3.8, 4) is 0 Å². The molecule has 1 aromatic heterocycles. The second kappa shape index (κ2) is 8.18. The molecular weight excluding hydrogens is 378 g/mol. The van der Waals surface area contributed by atoms with E-state index in [0.29, 0.717) is 11.7 Å². The van der Waals surface area contributed by atoms with Gasteiger partial charge in [-0.05, 0) is 48.9 Å². The van der Waals surface area contributed by atoms with Crippen LogP contribution in [-0.4, -0.2) is 37.6 Å². The zero-order valence-corrected chi connectivity index (χ0v) is 16.9. The van der Waals surface area contributed by atoms with E-state index >= 15 is 0 Å². The fraction of sp³-hybridized carbons (Fsp3) is 0.400. The fourth-order valence-electron chi connectivity index (χ4n) is 3.26. The van der Waals surface area contributed by atoms with E-state index in [1.54, 1.807) is 12.1 Å². The SMILES string of the molecule is CCc1ccc(S(=O)(=O)Nc2cnc(N3CCC(C)CC3)c(C(=O)O)c2)cc1. The number of hydrogen-bond donors (Lipinski definition) is 2. The van der Waals surface area contributed by atoms with Crippen LogP contribution in [-0.2, 0) is 16.4 Å². The van der Waals surface area contributed by atoms with E-state index < -0.39 is 16.0 Å². The van der Waals surface area contributed by atoms with Crippen molar-refractivity contribution in [2.75, 3.05) is 22.7 Å². The van der Waals surface area contributed by atoms with Gasteiger partial charge in [-0.1, -0.05) is 26.0 Å². The van der Waals surface area contributed by atoms with Crippen molar-refractivity contribution in [2.24, 2.45) is 5.92 Å². The molecule has 0 saturated carbocycles. The van der Waals surface area contributed by atoms with E-state index in [-0.39, 0.29) is 16.1 Å². The van der Waals surface area contributed by atoms with Gasteiger partial charge in [0, 0.05) is 13.1 Å². The highest BCUT2D eigenvalue weighted by Gasteiger charge is 2.23. The van der Waals surface area contributed by atoms with Crippen LogP contribution in [0.25, 0.3) is 0 Å². The number of benzene rings is 1. The molecule has 0 bridgehead atoms. The van der Waals surface area contributed by atoms with Gasteiger partial charge in [-0.3, -0.25) is 4.72 Å². The first kappa shape index (κ1) is 20.1. The zero-order valence-electron chi connectivity index (χ0n) is 16.1. The highest BCUT2D eigenvalue weighted by atomic mass is 32.2. The Bertz CT molecular complexity index is 950. The predicted octanol–water partition coefficient (Wildman–Crippen LogP) is 3.38. The molecule has 0 unspecified atom stereocenters. The number of piperidine rings is 1. The minimum atomic E-state index is -3.82.